The summed E-state index contributed by atoms with van der Waals surface area (Å²) in [5.74, 6) is 0. The molecule has 0 bridgehead atoms. The Kier molecular flexibility index (Phi) is 4.55. The van der Waals surface area contributed by atoms with Crippen molar-refractivity contribution in [3.8, 4) is 0 Å². The fourth-order valence-corrected chi connectivity index (χ4v) is 0.719. The van der Waals surface area contributed by atoms with E-state index in [2.05, 4.69) is 6.58 Å². The SMILES string of the molecule is C=CO.Nc1ccc(N)c([N+](=O)[O-])c1. The van der Waals surface area contributed by atoms with E-state index in [1.165, 1.54) is 18.2 Å². The van der Waals surface area contributed by atoms with Crippen LogP contribution in [0.3, 0.4) is 0 Å². The number of hydrogen-bond donors (Lipinski definition) is 3. The van der Waals surface area contributed by atoms with Gasteiger partial charge in [0.15, 0.2) is 0 Å². The molecule has 0 aliphatic rings. The Balaban J connectivity index is 0.000000500. The lowest BCUT2D eigenvalue weighted by molar-refractivity contribution is -0.383. The van der Waals surface area contributed by atoms with Crippen LogP contribution in [0.25, 0.3) is 0 Å². The highest BCUT2D eigenvalue weighted by Gasteiger charge is 2.09. The average molecular weight is 197 g/mol. The van der Waals surface area contributed by atoms with Gasteiger partial charge in [-0.2, -0.15) is 0 Å². The molecule has 1 rings (SSSR count). The highest BCUT2D eigenvalue weighted by atomic mass is 16.6. The molecule has 76 valence electrons. The van der Waals surface area contributed by atoms with Crippen LogP contribution in [0.5, 0.6) is 0 Å². The van der Waals surface area contributed by atoms with E-state index in [1.54, 1.807) is 0 Å². The second-order valence-electron chi connectivity index (χ2n) is 2.26. The summed E-state index contributed by atoms with van der Waals surface area (Å²) < 4.78 is 0. The van der Waals surface area contributed by atoms with Gasteiger partial charge in [0.05, 0.1) is 11.2 Å². The van der Waals surface area contributed by atoms with Crippen molar-refractivity contribution >= 4 is 17.1 Å². The lowest BCUT2D eigenvalue weighted by Gasteiger charge is -1.96. The van der Waals surface area contributed by atoms with Crippen LogP contribution in [0.2, 0.25) is 0 Å². The van der Waals surface area contributed by atoms with E-state index in [4.69, 9.17) is 16.6 Å². The van der Waals surface area contributed by atoms with Gasteiger partial charge in [-0.15, -0.1) is 0 Å². The van der Waals surface area contributed by atoms with Crippen molar-refractivity contribution in [3.05, 3.63) is 41.2 Å². The predicted molar refractivity (Wildman–Crippen MR) is 54.7 cm³/mol. The molecule has 0 fully saturated rings. The van der Waals surface area contributed by atoms with Crippen LogP contribution in [0.1, 0.15) is 0 Å². The van der Waals surface area contributed by atoms with Gasteiger partial charge in [-0.05, 0) is 12.1 Å². The number of nitrogen functional groups attached to an aromatic ring is 2. The maximum absolute atomic E-state index is 10.2. The third kappa shape index (κ3) is 3.44. The summed E-state index contributed by atoms with van der Waals surface area (Å²) in [5.41, 5.74) is 10.9. The lowest BCUT2D eigenvalue weighted by Crippen LogP contribution is -1.96. The smallest absolute Gasteiger partial charge is 0.294 e. The van der Waals surface area contributed by atoms with Crippen LogP contribution in [0.4, 0.5) is 17.1 Å². The first-order valence-electron chi connectivity index (χ1n) is 3.57. The quantitative estimate of drug-likeness (QED) is 0.272. The highest BCUT2D eigenvalue weighted by molar-refractivity contribution is 5.63. The number of benzene rings is 1. The number of nitro groups is 1. The Bertz CT molecular complexity index is 339. The number of nitro benzene ring substituents is 1. The van der Waals surface area contributed by atoms with E-state index < -0.39 is 4.92 Å². The fraction of sp³-hybridized carbons (Fsp3) is 0. The summed E-state index contributed by atoms with van der Waals surface area (Å²) in [4.78, 5) is 9.68. The van der Waals surface area contributed by atoms with Crippen LogP contribution < -0.4 is 11.5 Å². The largest absolute Gasteiger partial charge is 0.516 e. The van der Waals surface area contributed by atoms with Crippen molar-refractivity contribution in [1.82, 2.24) is 0 Å². The number of hydrogen-bond acceptors (Lipinski definition) is 5. The van der Waals surface area contributed by atoms with Gasteiger partial charge in [0.25, 0.3) is 5.69 Å². The Morgan fingerprint density at radius 3 is 2.36 bits per heavy atom. The lowest BCUT2D eigenvalue weighted by atomic mass is 10.2. The molecule has 6 nitrogen and oxygen atoms in total. The molecule has 0 heterocycles. The molecule has 0 radical (unpaired) electrons. The Morgan fingerprint density at radius 1 is 1.50 bits per heavy atom. The molecule has 1 aromatic rings. The first-order valence-corrected chi connectivity index (χ1v) is 3.57. The molecule has 0 saturated heterocycles. The number of rotatable bonds is 1. The third-order valence-electron chi connectivity index (χ3n) is 1.25. The molecule has 6 heteroatoms. The third-order valence-corrected chi connectivity index (χ3v) is 1.25. The standard InChI is InChI=1S/C6H7N3O2.C2H4O/c7-4-1-2-5(8)6(3-4)9(10)11;1-2-3/h1-3H,7-8H2;2-3H,1H2. The number of anilines is 2. The highest BCUT2D eigenvalue weighted by Crippen LogP contribution is 2.22. The van der Waals surface area contributed by atoms with Gasteiger partial charge in [-0.1, -0.05) is 6.58 Å². The van der Waals surface area contributed by atoms with E-state index in [1.807, 2.05) is 0 Å². The monoisotopic (exact) mass is 197 g/mol. The van der Waals surface area contributed by atoms with Gasteiger partial charge in [0.2, 0.25) is 0 Å². The minimum Gasteiger partial charge on any atom is -0.516 e. The van der Waals surface area contributed by atoms with Crippen LogP contribution in [0.15, 0.2) is 31.0 Å². The molecule has 0 aromatic heterocycles. The van der Waals surface area contributed by atoms with Crippen molar-refractivity contribution in [1.29, 1.82) is 0 Å². The molecule has 0 amide bonds. The summed E-state index contributed by atoms with van der Waals surface area (Å²) in [6.45, 7) is 2.92. The second kappa shape index (κ2) is 5.41. The van der Waals surface area contributed by atoms with E-state index in [9.17, 15) is 10.1 Å². The minimum absolute atomic E-state index is 0.129. The number of aliphatic hydroxyl groups is 1. The Labute approximate surface area is 80.6 Å². The average Bonchev–Trinajstić information content (AvgIpc) is 2.10. The molecule has 0 saturated carbocycles. The summed E-state index contributed by atoms with van der Waals surface area (Å²) in [6, 6.07) is 4.16. The number of nitrogens with two attached hydrogens (primary N) is 2. The summed E-state index contributed by atoms with van der Waals surface area (Å²) in [5, 5.41) is 17.6. The molecular formula is C8H11N3O3. The molecule has 1 aromatic carbocycles. The van der Waals surface area contributed by atoms with Gasteiger partial charge in [-0.3, -0.25) is 10.1 Å². The normalized spacial score (nSPS) is 8.29. The van der Waals surface area contributed by atoms with Crippen molar-refractivity contribution in [2.45, 2.75) is 0 Å². The van der Waals surface area contributed by atoms with E-state index in [0.717, 1.165) is 6.26 Å². The van der Waals surface area contributed by atoms with Crippen LogP contribution >= 0.6 is 0 Å². The Hall–Kier alpha value is -2.24. The minimum atomic E-state index is -0.564. The molecule has 0 spiro atoms. The molecular weight excluding hydrogens is 186 g/mol. The predicted octanol–water partition coefficient (Wildman–Crippen LogP) is 1.45. The van der Waals surface area contributed by atoms with Gasteiger partial charge in [0, 0.05) is 11.8 Å². The van der Waals surface area contributed by atoms with Gasteiger partial charge < -0.3 is 16.6 Å². The zero-order chi connectivity index (χ0) is 11.1. The van der Waals surface area contributed by atoms with Gasteiger partial charge in [-0.25, -0.2) is 0 Å². The fourth-order valence-electron chi connectivity index (χ4n) is 0.719. The van der Waals surface area contributed by atoms with Crippen LogP contribution in [-0.2, 0) is 0 Å². The molecule has 5 N–H and O–H groups in total. The maximum atomic E-state index is 10.2. The maximum Gasteiger partial charge on any atom is 0.294 e. The molecule has 0 aliphatic carbocycles. The molecule has 0 unspecified atom stereocenters. The van der Waals surface area contributed by atoms with Crippen molar-refractivity contribution < 1.29 is 10.0 Å². The van der Waals surface area contributed by atoms with Crippen molar-refractivity contribution in [2.24, 2.45) is 0 Å². The van der Waals surface area contributed by atoms with Crippen LogP contribution in [-0.4, -0.2) is 10.0 Å². The van der Waals surface area contributed by atoms with E-state index >= 15 is 0 Å². The summed E-state index contributed by atoms with van der Waals surface area (Å²) >= 11 is 0. The number of aliphatic hydroxyl groups excluding tert-OH is 1. The summed E-state index contributed by atoms with van der Waals surface area (Å²) in [7, 11) is 0. The molecule has 0 aliphatic heterocycles. The number of nitrogens with zero attached hydrogens (tertiary/aromatic N) is 1. The van der Waals surface area contributed by atoms with Gasteiger partial charge in [0.1, 0.15) is 5.69 Å². The molecule has 0 atom stereocenters. The first-order chi connectivity index (χ1) is 6.52. The Morgan fingerprint density at radius 2 is 2.00 bits per heavy atom. The van der Waals surface area contributed by atoms with Crippen LogP contribution in [0, 0.1) is 10.1 Å². The van der Waals surface area contributed by atoms with Gasteiger partial charge >= 0.3 is 0 Å². The van der Waals surface area contributed by atoms with E-state index in [-0.39, 0.29) is 11.4 Å². The first kappa shape index (κ1) is 11.8. The van der Waals surface area contributed by atoms with Crippen molar-refractivity contribution in [3.63, 3.8) is 0 Å². The van der Waals surface area contributed by atoms with Crippen molar-refractivity contribution in [2.75, 3.05) is 11.5 Å². The summed E-state index contributed by atoms with van der Waals surface area (Å²) in [6.07, 6.45) is 0.750. The van der Waals surface area contributed by atoms with E-state index in [0.29, 0.717) is 5.69 Å². The zero-order valence-corrected chi connectivity index (χ0v) is 7.38. The second-order valence-corrected chi connectivity index (χ2v) is 2.26. The molecule has 14 heavy (non-hydrogen) atoms. The topological polar surface area (TPSA) is 115 Å². The zero-order valence-electron chi connectivity index (χ0n) is 7.38.